The van der Waals surface area contributed by atoms with Gasteiger partial charge in [0.2, 0.25) is 0 Å². The van der Waals surface area contributed by atoms with Crippen LogP contribution in [0.25, 0.3) is 11.3 Å². The number of aromatic nitrogens is 3. The van der Waals surface area contributed by atoms with Gasteiger partial charge in [-0.25, -0.2) is 9.48 Å². The van der Waals surface area contributed by atoms with Gasteiger partial charge in [-0.05, 0) is 5.56 Å². The fourth-order valence-corrected chi connectivity index (χ4v) is 4.01. The molecule has 5 rings (SSSR count). The number of rotatable bonds is 5. The van der Waals surface area contributed by atoms with Crippen LogP contribution >= 0.6 is 0 Å². The first-order valence-electron chi connectivity index (χ1n) is 10.1. The molecule has 0 spiro atoms. The van der Waals surface area contributed by atoms with Crippen molar-refractivity contribution in [1.82, 2.24) is 25.6 Å². The largest absolute Gasteiger partial charge is 0.371 e. The zero-order valence-corrected chi connectivity index (χ0v) is 16.3. The number of nitrogens with one attached hydrogen (secondary N) is 2. The fourth-order valence-electron chi connectivity index (χ4n) is 4.01. The lowest BCUT2D eigenvalue weighted by atomic mass is 10.1. The van der Waals surface area contributed by atoms with Gasteiger partial charge in [0.15, 0.2) is 0 Å². The molecule has 0 saturated carbocycles. The van der Waals surface area contributed by atoms with Crippen molar-refractivity contribution < 1.29 is 14.3 Å². The van der Waals surface area contributed by atoms with Crippen LogP contribution in [0.15, 0.2) is 66.9 Å². The van der Waals surface area contributed by atoms with E-state index < -0.39 is 0 Å². The monoisotopic (exact) mass is 405 g/mol. The maximum absolute atomic E-state index is 12.3. The summed E-state index contributed by atoms with van der Waals surface area (Å²) < 4.78 is 13.8. The standard InChI is InChI=1S/C22H23N5O3/c28-22(23-11-15-7-3-1-4-8-15)24-18-13-29-21-19(14-30-20(18)21)27-12-17(25-26-27)16-9-5-2-6-10-16/h1-10,12,18-21H,11,13-14H2,(H2,23,24,28)/t18-,19-,20+,21+/m0/s1. The van der Waals surface area contributed by atoms with E-state index >= 15 is 0 Å². The van der Waals surface area contributed by atoms with Crippen molar-refractivity contribution in [2.75, 3.05) is 13.2 Å². The molecular weight excluding hydrogens is 382 g/mol. The molecule has 2 fully saturated rings. The molecule has 2 N–H and O–H groups in total. The highest BCUT2D eigenvalue weighted by Gasteiger charge is 2.49. The summed E-state index contributed by atoms with van der Waals surface area (Å²) in [6.45, 7) is 1.35. The molecule has 2 amide bonds. The molecule has 3 heterocycles. The number of carbonyl (C=O) groups is 1. The normalized spacial score (nSPS) is 25.1. The van der Waals surface area contributed by atoms with Crippen molar-refractivity contribution in [2.24, 2.45) is 0 Å². The number of ether oxygens (including phenoxy) is 2. The Morgan fingerprint density at radius 3 is 2.53 bits per heavy atom. The molecule has 2 saturated heterocycles. The number of amides is 2. The molecule has 2 aromatic carbocycles. The second kappa shape index (κ2) is 8.25. The van der Waals surface area contributed by atoms with Crippen molar-refractivity contribution in [3.05, 3.63) is 72.4 Å². The molecule has 0 aliphatic carbocycles. The highest BCUT2D eigenvalue weighted by atomic mass is 16.6. The number of hydrogen-bond donors (Lipinski definition) is 2. The Morgan fingerprint density at radius 2 is 1.73 bits per heavy atom. The lowest BCUT2D eigenvalue weighted by molar-refractivity contribution is 0.0622. The Hall–Kier alpha value is -3.23. The van der Waals surface area contributed by atoms with Crippen LogP contribution in [0.2, 0.25) is 0 Å². The van der Waals surface area contributed by atoms with Gasteiger partial charge in [0, 0.05) is 12.1 Å². The van der Waals surface area contributed by atoms with E-state index in [-0.39, 0.29) is 30.3 Å². The molecule has 8 heteroatoms. The third kappa shape index (κ3) is 3.79. The Balaban J connectivity index is 1.19. The molecule has 154 valence electrons. The van der Waals surface area contributed by atoms with Crippen LogP contribution in [0.4, 0.5) is 4.79 Å². The van der Waals surface area contributed by atoms with Gasteiger partial charge in [-0.3, -0.25) is 0 Å². The van der Waals surface area contributed by atoms with Crippen LogP contribution in [0.3, 0.4) is 0 Å². The third-order valence-electron chi connectivity index (χ3n) is 5.56. The van der Waals surface area contributed by atoms with Gasteiger partial charge in [-0.15, -0.1) is 5.10 Å². The van der Waals surface area contributed by atoms with E-state index in [2.05, 4.69) is 20.9 Å². The van der Waals surface area contributed by atoms with Gasteiger partial charge in [-0.2, -0.15) is 0 Å². The summed E-state index contributed by atoms with van der Waals surface area (Å²) in [7, 11) is 0. The van der Waals surface area contributed by atoms with Crippen LogP contribution in [-0.4, -0.2) is 52.5 Å². The first-order valence-corrected chi connectivity index (χ1v) is 10.1. The van der Waals surface area contributed by atoms with Crippen LogP contribution < -0.4 is 10.6 Å². The smallest absolute Gasteiger partial charge is 0.315 e. The third-order valence-corrected chi connectivity index (χ3v) is 5.56. The summed E-state index contributed by atoms with van der Waals surface area (Å²) in [5, 5.41) is 14.4. The van der Waals surface area contributed by atoms with E-state index in [1.54, 1.807) is 0 Å². The topological polar surface area (TPSA) is 90.3 Å². The summed E-state index contributed by atoms with van der Waals surface area (Å²) >= 11 is 0. The molecule has 2 aliphatic rings. The van der Waals surface area contributed by atoms with Gasteiger partial charge in [0.25, 0.3) is 0 Å². The van der Waals surface area contributed by atoms with E-state index in [4.69, 9.17) is 9.47 Å². The molecule has 0 radical (unpaired) electrons. The SMILES string of the molecule is O=C(NCc1ccccc1)N[C@H]1CO[C@H]2[C@@H]1OC[C@@H]2n1cc(-c2ccccc2)nn1. The summed E-state index contributed by atoms with van der Waals surface area (Å²) in [5.74, 6) is 0. The minimum absolute atomic E-state index is 0.0702. The Kier molecular flexibility index (Phi) is 5.17. The van der Waals surface area contributed by atoms with Crippen molar-refractivity contribution in [2.45, 2.75) is 30.8 Å². The Bertz CT molecular complexity index is 994. The number of nitrogens with zero attached hydrogens (tertiary/aromatic N) is 3. The molecule has 3 aromatic rings. The van der Waals surface area contributed by atoms with E-state index in [0.29, 0.717) is 19.8 Å². The molecule has 30 heavy (non-hydrogen) atoms. The zero-order valence-electron chi connectivity index (χ0n) is 16.3. The second-order valence-electron chi connectivity index (χ2n) is 7.53. The molecule has 1 aromatic heterocycles. The van der Waals surface area contributed by atoms with E-state index in [0.717, 1.165) is 16.8 Å². The summed E-state index contributed by atoms with van der Waals surface area (Å²) in [6.07, 6.45) is 1.54. The maximum atomic E-state index is 12.3. The Labute approximate surface area is 174 Å². The fraction of sp³-hybridized carbons (Fsp3) is 0.318. The lowest BCUT2D eigenvalue weighted by Crippen LogP contribution is -2.48. The maximum Gasteiger partial charge on any atom is 0.315 e. The first kappa shape index (κ1) is 18.8. The average Bonchev–Trinajstić information content (AvgIpc) is 3.51. The van der Waals surface area contributed by atoms with Gasteiger partial charge in [-0.1, -0.05) is 65.9 Å². The van der Waals surface area contributed by atoms with E-state index in [1.807, 2.05) is 71.5 Å². The van der Waals surface area contributed by atoms with Crippen LogP contribution in [-0.2, 0) is 16.0 Å². The highest BCUT2D eigenvalue weighted by Crippen LogP contribution is 2.34. The molecule has 8 nitrogen and oxygen atoms in total. The summed E-state index contributed by atoms with van der Waals surface area (Å²) in [4.78, 5) is 12.3. The molecular formula is C22H23N5O3. The first-order chi connectivity index (χ1) is 14.8. The summed E-state index contributed by atoms with van der Waals surface area (Å²) in [6, 6.07) is 19.2. The van der Waals surface area contributed by atoms with Crippen molar-refractivity contribution in [3.63, 3.8) is 0 Å². The molecule has 2 aliphatic heterocycles. The number of benzene rings is 2. The van der Waals surface area contributed by atoms with Crippen molar-refractivity contribution in [1.29, 1.82) is 0 Å². The zero-order chi connectivity index (χ0) is 20.3. The molecule has 4 atom stereocenters. The molecule has 0 bridgehead atoms. The number of hydrogen-bond acceptors (Lipinski definition) is 5. The predicted molar refractivity (Wildman–Crippen MR) is 110 cm³/mol. The minimum Gasteiger partial charge on any atom is -0.371 e. The molecule has 0 unspecified atom stereocenters. The number of urea groups is 1. The van der Waals surface area contributed by atoms with Crippen LogP contribution in [0.5, 0.6) is 0 Å². The van der Waals surface area contributed by atoms with Gasteiger partial charge in [0.05, 0.1) is 25.5 Å². The van der Waals surface area contributed by atoms with Crippen molar-refractivity contribution in [3.8, 4) is 11.3 Å². The summed E-state index contributed by atoms with van der Waals surface area (Å²) in [5.41, 5.74) is 2.87. The number of fused-ring (bicyclic) bond motifs is 1. The van der Waals surface area contributed by atoms with Gasteiger partial charge in [0.1, 0.15) is 23.9 Å². The average molecular weight is 405 g/mol. The van der Waals surface area contributed by atoms with Crippen LogP contribution in [0.1, 0.15) is 11.6 Å². The number of carbonyl (C=O) groups excluding carboxylic acids is 1. The minimum atomic E-state index is -0.229. The second-order valence-corrected chi connectivity index (χ2v) is 7.53. The van der Waals surface area contributed by atoms with Gasteiger partial charge >= 0.3 is 6.03 Å². The quantitative estimate of drug-likeness (QED) is 0.679. The van der Waals surface area contributed by atoms with Crippen LogP contribution in [0, 0.1) is 0 Å². The van der Waals surface area contributed by atoms with E-state index in [9.17, 15) is 4.79 Å². The van der Waals surface area contributed by atoms with Crippen molar-refractivity contribution >= 4 is 6.03 Å². The van der Waals surface area contributed by atoms with Gasteiger partial charge < -0.3 is 20.1 Å². The lowest BCUT2D eigenvalue weighted by Gasteiger charge is -2.18. The predicted octanol–water partition coefficient (Wildman–Crippen LogP) is 2.15. The highest BCUT2D eigenvalue weighted by molar-refractivity contribution is 5.74. The van der Waals surface area contributed by atoms with E-state index in [1.165, 1.54) is 0 Å². The Morgan fingerprint density at radius 1 is 1.00 bits per heavy atom.